The van der Waals surface area contributed by atoms with E-state index in [9.17, 15) is 9.59 Å². The summed E-state index contributed by atoms with van der Waals surface area (Å²) in [6.07, 6.45) is 1.64. The molecule has 0 aliphatic carbocycles. The van der Waals surface area contributed by atoms with E-state index < -0.39 is 11.2 Å². The summed E-state index contributed by atoms with van der Waals surface area (Å²) < 4.78 is 6.69. The van der Waals surface area contributed by atoms with Crippen LogP contribution in [0.5, 0.6) is 0 Å². The molecule has 8 heteroatoms. The zero-order chi connectivity index (χ0) is 20.4. The number of carbonyl (C=O) groups is 2. The van der Waals surface area contributed by atoms with E-state index in [-0.39, 0.29) is 5.78 Å². The van der Waals surface area contributed by atoms with E-state index in [1.54, 1.807) is 20.2 Å². The number of hydrogen-bond donors (Lipinski definition) is 1. The molecule has 0 saturated heterocycles. The number of esters is 1. The molecule has 0 amide bonds. The molecule has 7 nitrogen and oxygen atoms in total. The highest BCUT2D eigenvalue weighted by Crippen LogP contribution is 2.29. The number of aryl methyl sites for hydroxylation is 2. The van der Waals surface area contributed by atoms with Crippen LogP contribution in [-0.4, -0.2) is 43.9 Å². The molecule has 3 aromatic rings. The number of aromatic nitrogens is 4. The monoisotopic (exact) mass is 398 g/mol. The zero-order valence-electron chi connectivity index (χ0n) is 16.4. The van der Waals surface area contributed by atoms with Crippen LogP contribution in [0.3, 0.4) is 0 Å². The fourth-order valence-corrected chi connectivity index (χ4v) is 4.02. The predicted molar refractivity (Wildman–Crippen MR) is 107 cm³/mol. The Morgan fingerprint density at radius 2 is 1.93 bits per heavy atom. The van der Waals surface area contributed by atoms with E-state index >= 15 is 0 Å². The second kappa shape index (κ2) is 8.02. The Kier molecular flexibility index (Phi) is 5.69. The molecule has 1 N–H and O–H groups in total. The lowest BCUT2D eigenvalue weighted by Gasteiger charge is -2.12. The lowest BCUT2D eigenvalue weighted by atomic mass is 10.1. The number of carbonyl (C=O) groups excluding carboxylic acids is 2. The molecule has 0 saturated carbocycles. The first-order valence-electron chi connectivity index (χ1n) is 8.79. The third-order valence-electron chi connectivity index (χ3n) is 4.62. The lowest BCUT2D eigenvalue weighted by molar-refractivity contribution is 0.0599. The Bertz CT molecular complexity index is 1040. The number of aromatic amines is 1. The normalized spacial score (nSPS) is 12.0. The molecule has 3 rings (SSSR count). The zero-order valence-corrected chi connectivity index (χ0v) is 17.3. The first-order valence-corrected chi connectivity index (χ1v) is 9.67. The van der Waals surface area contributed by atoms with Gasteiger partial charge in [-0.2, -0.15) is 0 Å². The van der Waals surface area contributed by atoms with Gasteiger partial charge in [0, 0.05) is 5.69 Å². The van der Waals surface area contributed by atoms with Crippen molar-refractivity contribution in [1.29, 1.82) is 0 Å². The van der Waals surface area contributed by atoms with Crippen molar-refractivity contribution in [3.63, 3.8) is 0 Å². The molecule has 1 aromatic carbocycles. The van der Waals surface area contributed by atoms with Crippen molar-refractivity contribution in [2.24, 2.45) is 0 Å². The first-order chi connectivity index (χ1) is 13.3. The number of rotatable bonds is 6. The molecule has 0 fully saturated rings. The van der Waals surface area contributed by atoms with E-state index in [1.165, 1.54) is 18.9 Å². The molecule has 0 spiro atoms. The summed E-state index contributed by atoms with van der Waals surface area (Å²) in [5.41, 5.74) is 4.09. The molecular weight excluding hydrogens is 376 g/mol. The quantitative estimate of drug-likeness (QED) is 0.387. The van der Waals surface area contributed by atoms with E-state index in [2.05, 4.69) is 15.2 Å². The number of methoxy groups -OCH3 is 1. The fraction of sp³-hybridized carbons (Fsp3) is 0.300. The van der Waals surface area contributed by atoms with Crippen molar-refractivity contribution in [3.8, 4) is 5.69 Å². The van der Waals surface area contributed by atoms with E-state index in [4.69, 9.17) is 4.74 Å². The van der Waals surface area contributed by atoms with Crippen LogP contribution in [0.2, 0.25) is 0 Å². The van der Waals surface area contributed by atoms with Crippen LogP contribution in [0.4, 0.5) is 0 Å². The van der Waals surface area contributed by atoms with Gasteiger partial charge in [0.2, 0.25) is 0 Å². The number of benzene rings is 1. The Morgan fingerprint density at radius 1 is 1.21 bits per heavy atom. The highest BCUT2D eigenvalue weighted by Gasteiger charge is 2.27. The van der Waals surface area contributed by atoms with Crippen LogP contribution in [0.15, 0.2) is 35.7 Å². The molecule has 0 bridgehead atoms. The Hall–Kier alpha value is -2.87. The van der Waals surface area contributed by atoms with Gasteiger partial charge in [-0.1, -0.05) is 30.0 Å². The number of hydrogen-bond acceptors (Lipinski definition) is 6. The van der Waals surface area contributed by atoms with Crippen molar-refractivity contribution < 1.29 is 14.3 Å². The van der Waals surface area contributed by atoms with Crippen LogP contribution < -0.4 is 0 Å². The van der Waals surface area contributed by atoms with E-state index in [0.29, 0.717) is 27.7 Å². The number of nitrogens with one attached hydrogen (secondary N) is 1. The molecule has 0 aliphatic rings. The number of ketones is 1. The highest BCUT2D eigenvalue weighted by molar-refractivity contribution is 8.00. The van der Waals surface area contributed by atoms with Gasteiger partial charge in [-0.15, -0.1) is 10.2 Å². The topological polar surface area (TPSA) is 89.9 Å². The third-order valence-corrected chi connectivity index (χ3v) is 5.67. The van der Waals surface area contributed by atoms with E-state index in [1.807, 2.05) is 42.7 Å². The summed E-state index contributed by atoms with van der Waals surface area (Å²) in [7, 11) is 1.33. The smallest absolute Gasteiger partial charge is 0.339 e. The van der Waals surface area contributed by atoms with Gasteiger partial charge in [-0.05, 0) is 44.9 Å². The number of H-pyrrole nitrogens is 1. The predicted octanol–water partition coefficient (Wildman–Crippen LogP) is 3.67. The van der Waals surface area contributed by atoms with Gasteiger partial charge in [-0.25, -0.2) is 4.79 Å². The van der Waals surface area contributed by atoms with Crippen LogP contribution in [0.25, 0.3) is 5.69 Å². The Labute approximate surface area is 167 Å². The van der Waals surface area contributed by atoms with Gasteiger partial charge in [-0.3, -0.25) is 9.36 Å². The summed E-state index contributed by atoms with van der Waals surface area (Å²) in [5, 5.41) is 8.39. The number of nitrogens with zero attached hydrogens (tertiary/aromatic N) is 3. The second-order valence-corrected chi connectivity index (χ2v) is 7.82. The van der Waals surface area contributed by atoms with Gasteiger partial charge >= 0.3 is 5.97 Å². The van der Waals surface area contributed by atoms with Gasteiger partial charge in [0.05, 0.1) is 29.3 Å². The van der Waals surface area contributed by atoms with E-state index in [0.717, 1.165) is 11.3 Å². The molecule has 0 radical (unpaired) electrons. The highest BCUT2D eigenvalue weighted by atomic mass is 32.2. The summed E-state index contributed by atoms with van der Waals surface area (Å²) in [5.74, 6) is -0.565. The molecular formula is C20H22N4O3S. The average molecular weight is 398 g/mol. The van der Waals surface area contributed by atoms with Crippen LogP contribution >= 0.6 is 11.8 Å². The standard InChI is InChI=1S/C20H22N4O3S/c1-11-8-6-7-9-15(11)24-10-21-23-20(24)28-14(4)18(25)17-12(2)16(13(3)22-17)19(26)27-5/h6-10,14,22H,1-5H3. The Balaban J connectivity index is 1.87. The second-order valence-electron chi connectivity index (χ2n) is 6.51. The van der Waals surface area contributed by atoms with Crippen LogP contribution in [-0.2, 0) is 4.74 Å². The summed E-state index contributed by atoms with van der Waals surface area (Å²) >= 11 is 1.32. The first kappa shape index (κ1) is 19.9. The molecule has 1 unspecified atom stereocenters. The molecule has 28 heavy (non-hydrogen) atoms. The molecule has 2 heterocycles. The summed E-state index contributed by atoms with van der Waals surface area (Å²) in [6, 6.07) is 7.91. The maximum Gasteiger partial charge on any atom is 0.339 e. The maximum absolute atomic E-state index is 13.0. The number of Topliss-reactive ketones (excluding diaryl/α,β-unsaturated/α-hetero) is 1. The lowest BCUT2D eigenvalue weighted by Crippen LogP contribution is -2.16. The summed E-state index contributed by atoms with van der Waals surface area (Å²) in [6.45, 7) is 7.33. The van der Waals surface area contributed by atoms with Crippen molar-refractivity contribution >= 4 is 23.5 Å². The van der Waals surface area contributed by atoms with Gasteiger partial charge in [0.15, 0.2) is 10.9 Å². The Morgan fingerprint density at radius 3 is 2.61 bits per heavy atom. The van der Waals surface area contributed by atoms with Gasteiger partial charge < -0.3 is 9.72 Å². The SMILES string of the molecule is COC(=O)c1c(C)[nH]c(C(=O)C(C)Sc2nncn2-c2ccccc2C)c1C. The molecule has 2 aromatic heterocycles. The number of para-hydroxylation sites is 1. The number of thioether (sulfide) groups is 1. The molecule has 146 valence electrons. The third kappa shape index (κ3) is 3.60. The van der Waals surface area contributed by atoms with Crippen LogP contribution in [0, 0.1) is 20.8 Å². The van der Waals surface area contributed by atoms with Crippen LogP contribution in [0.1, 0.15) is 44.6 Å². The molecule has 0 aliphatic heterocycles. The van der Waals surface area contributed by atoms with Gasteiger partial charge in [0.1, 0.15) is 6.33 Å². The maximum atomic E-state index is 13.0. The largest absolute Gasteiger partial charge is 0.465 e. The number of ether oxygens (including phenoxy) is 1. The van der Waals surface area contributed by atoms with Gasteiger partial charge in [0.25, 0.3) is 0 Å². The minimum Gasteiger partial charge on any atom is -0.465 e. The average Bonchev–Trinajstić information content (AvgIpc) is 3.24. The fourth-order valence-electron chi connectivity index (χ4n) is 3.12. The summed E-state index contributed by atoms with van der Waals surface area (Å²) in [4.78, 5) is 28.0. The minimum absolute atomic E-state index is 0.111. The van der Waals surface area contributed by atoms with Crippen molar-refractivity contribution in [2.75, 3.05) is 7.11 Å². The van der Waals surface area contributed by atoms with Crippen molar-refractivity contribution in [1.82, 2.24) is 19.7 Å². The molecule has 1 atom stereocenters. The van der Waals surface area contributed by atoms with Crippen molar-refractivity contribution in [3.05, 3.63) is 58.7 Å². The minimum atomic E-state index is -0.454. The van der Waals surface area contributed by atoms with Crippen molar-refractivity contribution in [2.45, 2.75) is 38.1 Å².